The molecular weight excluding hydrogens is 304 g/mol. The molecule has 3 aromatic heterocycles. The van der Waals surface area contributed by atoms with Crippen molar-refractivity contribution in [2.24, 2.45) is 0 Å². The van der Waals surface area contributed by atoms with Crippen molar-refractivity contribution in [3.05, 3.63) is 28.7 Å². The first-order chi connectivity index (χ1) is 10.8. The highest BCUT2D eigenvalue weighted by atomic mass is 32.2. The minimum Gasteiger partial charge on any atom is -0.319 e. The number of hydrogen-bond acceptors (Lipinski definition) is 7. The van der Waals surface area contributed by atoms with Gasteiger partial charge in [-0.1, -0.05) is 6.92 Å². The van der Waals surface area contributed by atoms with E-state index in [0.29, 0.717) is 22.8 Å². The average molecular weight is 314 g/mol. The van der Waals surface area contributed by atoms with Gasteiger partial charge in [-0.3, -0.25) is 0 Å². The summed E-state index contributed by atoms with van der Waals surface area (Å²) < 4.78 is 1.22. The number of tetrazole rings is 1. The molecule has 9 nitrogen and oxygen atoms in total. The number of H-pyrrole nitrogens is 2. The van der Waals surface area contributed by atoms with Gasteiger partial charge in [0, 0.05) is 10.3 Å². The van der Waals surface area contributed by atoms with Gasteiger partial charge in [0.15, 0.2) is 5.82 Å². The Morgan fingerprint density at radius 3 is 3.00 bits per heavy atom. The van der Waals surface area contributed by atoms with Crippen LogP contribution in [0, 0.1) is 0 Å². The maximum atomic E-state index is 12.1. The third kappa shape index (κ3) is 1.96. The van der Waals surface area contributed by atoms with Crippen LogP contribution in [-0.4, -0.2) is 46.0 Å². The molecule has 0 aliphatic rings. The third-order valence-electron chi connectivity index (χ3n) is 3.15. The lowest BCUT2D eigenvalue weighted by Gasteiger charge is -2.02. The van der Waals surface area contributed by atoms with Crippen LogP contribution in [0.3, 0.4) is 0 Å². The molecule has 0 unspecified atom stereocenters. The Bertz CT molecular complexity index is 1020. The van der Waals surface area contributed by atoms with Crippen molar-refractivity contribution in [1.82, 2.24) is 40.2 Å². The lowest BCUT2D eigenvalue weighted by atomic mass is 10.2. The molecule has 1 aromatic carbocycles. The molecule has 4 rings (SSSR count). The number of benzene rings is 1. The summed E-state index contributed by atoms with van der Waals surface area (Å²) in [6.07, 6.45) is 0. The second-order valence-electron chi connectivity index (χ2n) is 4.49. The van der Waals surface area contributed by atoms with Gasteiger partial charge in [0.25, 0.3) is 0 Å². The molecule has 0 atom stereocenters. The summed E-state index contributed by atoms with van der Waals surface area (Å²) in [4.78, 5) is 20.3. The van der Waals surface area contributed by atoms with E-state index in [0.717, 1.165) is 16.0 Å². The number of fused-ring (bicyclic) bond motifs is 3. The summed E-state index contributed by atoms with van der Waals surface area (Å²) in [6, 6.07) is 5.79. The fourth-order valence-corrected chi connectivity index (χ4v) is 2.93. The van der Waals surface area contributed by atoms with Crippen molar-refractivity contribution in [3.8, 4) is 11.6 Å². The third-order valence-corrected chi connectivity index (χ3v) is 4.03. The number of aromatic amines is 2. The van der Waals surface area contributed by atoms with Crippen LogP contribution in [0.4, 0.5) is 0 Å². The monoisotopic (exact) mass is 314 g/mol. The topological polar surface area (TPSA) is 118 Å². The Hall–Kier alpha value is -2.75. The van der Waals surface area contributed by atoms with Gasteiger partial charge >= 0.3 is 5.69 Å². The Labute approximate surface area is 127 Å². The van der Waals surface area contributed by atoms with E-state index < -0.39 is 5.69 Å². The lowest BCUT2D eigenvalue weighted by molar-refractivity contribution is 0.880. The second kappa shape index (κ2) is 4.91. The number of nitrogens with one attached hydrogen (secondary N) is 2. The van der Waals surface area contributed by atoms with E-state index in [1.165, 1.54) is 4.52 Å². The van der Waals surface area contributed by atoms with Crippen LogP contribution in [0.5, 0.6) is 0 Å². The molecule has 110 valence electrons. The van der Waals surface area contributed by atoms with Gasteiger partial charge in [-0.05, 0) is 34.4 Å². The van der Waals surface area contributed by atoms with Gasteiger partial charge in [0.1, 0.15) is 5.65 Å². The van der Waals surface area contributed by atoms with Crippen LogP contribution in [-0.2, 0) is 0 Å². The summed E-state index contributed by atoms with van der Waals surface area (Å²) in [5.41, 5.74) is 0.740. The molecule has 0 aliphatic heterocycles. The standard InChI is InChI=1S/C12H10N8OS/c1-2-22-6-3-4-8-7(5-6)11-14-9(10-15-18-19-16-10)17-20(11)12(21)13-8/h3-5H,2H2,1H3,(H,14,17)(H,15,16,18,19). The summed E-state index contributed by atoms with van der Waals surface area (Å²) >= 11 is 1.72. The van der Waals surface area contributed by atoms with Gasteiger partial charge < -0.3 is 4.98 Å². The largest absolute Gasteiger partial charge is 0.370 e. The van der Waals surface area contributed by atoms with Crippen molar-refractivity contribution in [2.75, 3.05) is 5.75 Å². The van der Waals surface area contributed by atoms with Crippen LogP contribution in [0.15, 0.2) is 27.9 Å². The van der Waals surface area contributed by atoms with E-state index in [-0.39, 0.29) is 0 Å². The fraction of sp³-hybridized carbons (Fsp3) is 0.167. The molecule has 4 aromatic rings. The molecule has 0 spiro atoms. The van der Waals surface area contributed by atoms with Gasteiger partial charge in [-0.2, -0.15) is 9.50 Å². The van der Waals surface area contributed by atoms with Crippen LogP contribution in [0.25, 0.3) is 28.2 Å². The van der Waals surface area contributed by atoms with Gasteiger partial charge in [-0.15, -0.1) is 22.0 Å². The van der Waals surface area contributed by atoms with Gasteiger partial charge in [0.2, 0.25) is 5.82 Å². The van der Waals surface area contributed by atoms with E-state index in [4.69, 9.17) is 0 Å². The predicted octanol–water partition coefficient (Wildman–Crippen LogP) is 0.863. The molecule has 0 amide bonds. The van der Waals surface area contributed by atoms with Crippen molar-refractivity contribution in [3.63, 3.8) is 0 Å². The summed E-state index contributed by atoms with van der Waals surface area (Å²) in [5.74, 6) is 1.70. The summed E-state index contributed by atoms with van der Waals surface area (Å²) in [6.45, 7) is 2.09. The molecule has 2 N–H and O–H groups in total. The number of rotatable bonds is 3. The maximum absolute atomic E-state index is 12.1. The van der Waals surface area contributed by atoms with Crippen LogP contribution in [0.1, 0.15) is 6.92 Å². The molecule has 0 radical (unpaired) electrons. The number of hydrogen-bond donors (Lipinski definition) is 2. The minimum atomic E-state index is -0.451. The fourth-order valence-electron chi connectivity index (χ4n) is 2.24. The van der Waals surface area contributed by atoms with Crippen LogP contribution >= 0.6 is 11.8 Å². The Kier molecular flexibility index (Phi) is 2.89. The highest BCUT2D eigenvalue weighted by Crippen LogP contribution is 2.24. The lowest BCUT2D eigenvalue weighted by Crippen LogP contribution is -2.17. The Morgan fingerprint density at radius 1 is 1.32 bits per heavy atom. The molecule has 0 fully saturated rings. The highest BCUT2D eigenvalue weighted by Gasteiger charge is 2.14. The summed E-state index contributed by atoms with van der Waals surface area (Å²) in [5, 5.41) is 18.4. The number of aromatic nitrogens is 8. The Morgan fingerprint density at radius 2 is 2.23 bits per heavy atom. The molecule has 10 heteroatoms. The smallest absolute Gasteiger partial charge is 0.319 e. The molecule has 0 aliphatic carbocycles. The van der Waals surface area contributed by atoms with Crippen molar-refractivity contribution in [1.29, 1.82) is 0 Å². The quantitative estimate of drug-likeness (QED) is 0.538. The maximum Gasteiger partial charge on any atom is 0.370 e. The molecular formula is C12H10N8OS. The SMILES string of the molecule is CCSc1ccc2nc(=O)n3nc(-c4nnn[nH]4)[nH]c3c2c1. The van der Waals surface area contributed by atoms with E-state index in [1.54, 1.807) is 11.8 Å². The molecule has 22 heavy (non-hydrogen) atoms. The predicted molar refractivity (Wildman–Crippen MR) is 80.7 cm³/mol. The second-order valence-corrected chi connectivity index (χ2v) is 5.83. The van der Waals surface area contributed by atoms with E-state index >= 15 is 0 Å². The normalized spacial score (nSPS) is 11.5. The number of thioether (sulfide) groups is 1. The van der Waals surface area contributed by atoms with Crippen LogP contribution in [0.2, 0.25) is 0 Å². The summed E-state index contributed by atoms with van der Waals surface area (Å²) in [7, 11) is 0. The first-order valence-electron chi connectivity index (χ1n) is 6.56. The van der Waals surface area contributed by atoms with Crippen LogP contribution < -0.4 is 5.69 Å². The van der Waals surface area contributed by atoms with Crippen molar-refractivity contribution >= 4 is 28.3 Å². The zero-order chi connectivity index (χ0) is 15.1. The van der Waals surface area contributed by atoms with E-state index in [9.17, 15) is 4.79 Å². The van der Waals surface area contributed by atoms with Gasteiger partial charge in [-0.25, -0.2) is 9.89 Å². The van der Waals surface area contributed by atoms with Crippen molar-refractivity contribution < 1.29 is 0 Å². The first kappa shape index (κ1) is 13.0. The van der Waals surface area contributed by atoms with Gasteiger partial charge in [0.05, 0.1) is 5.52 Å². The minimum absolute atomic E-state index is 0.357. The zero-order valence-electron chi connectivity index (χ0n) is 11.4. The highest BCUT2D eigenvalue weighted by molar-refractivity contribution is 7.99. The van der Waals surface area contributed by atoms with E-state index in [1.807, 2.05) is 18.2 Å². The molecule has 0 bridgehead atoms. The molecule has 3 heterocycles. The number of nitrogens with zero attached hydrogens (tertiary/aromatic N) is 6. The average Bonchev–Trinajstić information content (AvgIpc) is 3.17. The zero-order valence-corrected chi connectivity index (χ0v) is 12.3. The van der Waals surface area contributed by atoms with Crippen molar-refractivity contribution in [2.45, 2.75) is 11.8 Å². The van der Waals surface area contributed by atoms with E-state index in [2.05, 4.69) is 42.6 Å². The molecule has 0 saturated carbocycles. The molecule has 0 saturated heterocycles. The first-order valence-corrected chi connectivity index (χ1v) is 7.54. The Balaban J connectivity index is 2.04.